The van der Waals surface area contributed by atoms with Crippen LogP contribution in [0.3, 0.4) is 0 Å². The molecule has 0 heterocycles. The van der Waals surface area contributed by atoms with E-state index in [2.05, 4.69) is 78.9 Å². The van der Waals surface area contributed by atoms with Gasteiger partial charge in [0.15, 0.2) is 12.8 Å². The van der Waals surface area contributed by atoms with Gasteiger partial charge in [-0.15, -0.1) is 0 Å². The summed E-state index contributed by atoms with van der Waals surface area (Å²) >= 11 is 0. The number of carbonyl (C=O) groups is 6. The van der Waals surface area contributed by atoms with Gasteiger partial charge < -0.3 is 64.2 Å². The minimum atomic E-state index is -1.51. The van der Waals surface area contributed by atoms with Crippen LogP contribution in [-0.2, 0) is 51.6 Å². The molecule has 0 aliphatic carbocycles. The predicted octanol–water partition coefficient (Wildman–Crippen LogP) is 6.10. The van der Waals surface area contributed by atoms with Crippen molar-refractivity contribution in [1.82, 2.24) is 25.9 Å². The lowest BCUT2D eigenvalue weighted by Gasteiger charge is -2.36. The molecule has 0 aromatic rings. The van der Waals surface area contributed by atoms with E-state index in [9.17, 15) is 28.8 Å². The Morgan fingerprint density at radius 1 is 0.629 bits per heavy atom. The van der Waals surface area contributed by atoms with Gasteiger partial charge in [0.2, 0.25) is 36.3 Å². The lowest BCUT2D eigenvalue weighted by Crippen LogP contribution is -2.42. The topological polar surface area (TPSA) is 285 Å². The molecule has 0 fully saturated rings. The number of nitrogens with zero attached hydrogens (tertiary/aromatic N) is 3. The molecule has 0 bridgehead atoms. The van der Waals surface area contributed by atoms with Crippen molar-refractivity contribution in [3.8, 4) is 0 Å². The summed E-state index contributed by atoms with van der Waals surface area (Å²) in [6.45, 7) is 18.5. The van der Waals surface area contributed by atoms with Crippen LogP contribution in [0, 0.1) is 0 Å². The Kier molecular flexibility index (Phi) is 50.6. The first-order valence-electron chi connectivity index (χ1n) is 27.2. The first-order valence-corrected chi connectivity index (χ1v) is 26.6. The van der Waals surface area contributed by atoms with Crippen molar-refractivity contribution in [2.24, 2.45) is 9.98 Å². The van der Waals surface area contributed by atoms with Crippen LogP contribution < -0.4 is 21.3 Å². The number of Topliss-reactive ketones (excluding diaryl/α,β-unsaturated/α-hetero) is 1. The molecule has 3 atom stereocenters. The normalized spacial score (nSPS) is 13.1. The number of aliphatic imine (C=N–C) groups is 2. The van der Waals surface area contributed by atoms with Crippen molar-refractivity contribution in [3.05, 3.63) is 0 Å². The number of rotatable bonds is 38. The van der Waals surface area contributed by atoms with E-state index in [1.165, 1.54) is 41.1 Å². The SMILES string of the molecule is [2H]CCCCC(=O)NCC(CNC(=O)CCCCOC(=O)CCC(C)=O)OP(C)OC=NCC.[2H]CCCCC(=O)NCC(CNC(=O)CCCC[2H])OP(OC=NCC)N(C(C)C)C(C)C.[3H]OC.[3H]OC.[3H]OC. The van der Waals surface area contributed by atoms with Gasteiger partial charge in [0.25, 0.3) is 0 Å². The predicted molar refractivity (Wildman–Crippen MR) is 282 cm³/mol. The van der Waals surface area contributed by atoms with E-state index in [0.29, 0.717) is 104 Å². The quantitative estimate of drug-likeness (QED) is 0.0121. The molecule has 0 aromatic heterocycles. The molecule has 0 aromatic carbocycles. The number of ketones is 1. The first-order chi connectivity index (χ1) is 36.3. The van der Waals surface area contributed by atoms with E-state index in [0.717, 1.165) is 0 Å². The van der Waals surface area contributed by atoms with Crippen molar-refractivity contribution >= 4 is 65.1 Å². The summed E-state index contributed by atoms with van der Waals surface area (Å²) in [7, 11) is 1.08. The second-order valence-corrected chi connectivity index (χ2v) is 17.7. The number of amides is 4. The molecule has 7 N–H and O–H groups in total. The maximum absolute atomic E-state index is 12.2. The van der Waals surface area contributed by atoms with E-state index in [4.69, 9.17) is 31.2 Å². The molecule has 0 saturated heterocycles. The van der Waals surface area contributed by atoms with Crippen LogP contribution in [0.1, 0.15) is 163 Å². The molecule has 23 heteroatoms. The maximum atomic E-state index is 12.2. The van der Waals surface area contributed by atoms with Crippen LogP contribution in [0.15, 0.2) is 9.98 Å². The maximum Gasteiger partial charge on any atom is 0.322 e. The van der Waals surface area contributed by atoms with E-state index in [1.807, 2.05) is 13.8 Å². The number of hydrogen-bond donors (Lipinski definition) is 7. The monoisotopic (exact) mass is 1050 g/mol. The number of ether oxygens (including phenoxy) is 1. The van der Waals surface area contributed by atoms with Crippen LogP contribution >= 0.6 is 16.9 Å². The van der Waals surface area contributed by atoms with Crippen LogP contribution in [0.5, 0.6) is 0 Å². The Bertz CT molecular complexity index is 1430. The third-order valence-electron chi connectivity index (χ3n) is 8.44. The highest BCUT2D eigenvalue weighted by Crippen LogP contribution is 2.46. The molecule has 21 nitrogen and oxygen atoms in total. The molecule has 0 aliphatic rings. The van der Waals surface area contributed by atoms with Crippen LogP contribution in [0.2, 0.25) is 0 Å². The van der Waals surface area contributed by atoms with Crippen LogP contribution in [0.25, 0.3) is 0 Å². The third kappa shape index (κ3) is 51.0. The van der Waals surface area contributed by atoms with Crippen LogP contribution in [0.4, 0.5) is 0 Å². The van der Waals surface area contributed by atoms with Gasteiger partial charge in [0.1, 0.15) is 11.9 Å². The Morgan fingerprint density at radius 3 is 1.39 bits per heavy atom. The molecule has 70 heavy (non-hydrogen) atoms. The number of aliphatic hydroxyl groups is 3. The smallest absolute Gasteiger partial charge is 0.322 e. The Morgan fingerprint density at radius 2 is 1.01 bits per heavy atom. The number of aliphatic hydroxyl groups excluding tert-OH is 3. The molecule has 0 spiro atoms. The number of nitrogens with one attached hydrogen (secondary N) is 4. The molecule has 0 aliphatic heterocycles. The van der Waals surface area contributed by atoms with Gasteiger partial charge in [-0.05, 0) is 80.6 Å². The fourth-order valence-corrected chi connectivity index (χ4v) is 7.52. The Balaban J connectivity index is -0.000000382. The minimum absolute atomic E-state index is 0.0593. The number of hydrogen-bond acceptors (Lipinski definition) is 17. The minimum Gasteiger partial charge on any atom is -0.466 e. The van der Waals surface area contributed by atoms with E-state index in [-0.39, 0.29) is 93.5 Å². The summed E-state index contributed by atoms with van der Waals surface area (Å²) in [4.78, 5) is 78.9. The largest absolute Gasteiger partial charge is 0.466 e. The highest BCUT2D eigenvalue weighted by molar-refractivity contribution is 7.46. The second-order valence-electron chi connectivity index (χ2n) is 15.1. The van der Waals surface area contributed by atoms with Gasteiger partial charge >= 0.3 is 14.5 Å². The zero-order chi connectivity index (χ0) is 58.8. The molecular formula is C47H97N7O14P2. The molecule has 0 saturated carbocycles. The zero-order valence-corrected chi connectivity index (χ0v) is 46.2. The summed E-state index contributed by atoms with van der Waals surface area (Å²) in [5.41, 5.74) is 0. The van der Waals surface area contributed by atoms with Gasteiger partial charge in [-0.3, -0.25) is 34.0 Å². The Labute approximate surface area is 432 Å². The lowest BCUT2D eigenvalue weighted by atomic mass is 10.2. The van der Waals surface area contributed by atoms with Gasteiger partial charge in [0.05, 0.1) is 19.1 Å². The summed E-state index contributed by atoms with van der Waals surface area (Å²) in [6, 6.07) is 0.316. The zero-order valence-electron chi connectivity index (χ0n) is 50.4. The van der Waals surface area contributed by atoms with Crippen molar-refractivity contribution in [1.29, 1.82) is 4.29 Å². The van der Waals surface area contributed by atoms with E-state index >= 15 is 0 Å². The van der Waals surface area contributed by atoms with Crippen LogP contribution in [-0.4, -0.2) is 171 Å². The van der Waals surface area contributed by atoms with E-state index in [1.54, 1.807) is 6.66 Å². The standard InChI is InChI=1S/C22H45N4O4P.C22H40N3O7P.3CH4O/c1-8-11-13-21(27)24-15-20(16-25-22(28)14-12-9-2)30-31(29-17-23-10-3)26(18(4)5)19(6)7;1-5-7-10-20(27)24-15-19(32-33(4)31-17-23-6-2)16-25-21(28)11-8-9-14-30-22(29)13-12-18(3)26;3*1-2/h17-20H,8-16H2,1-7H3,(H,24,27)(H,25,28);17,19H,5-16H2,1-4H3,(H,24,27)(H,25,28);3*2H,1H3/i1D,2D;1D;3*2T. The summed E-state index contributed by atoms with van der Waals surface area (Å²) < 4.78 is 69.2. The van der Waals surface area contributed by atoms with Crippen molar-refractivity contribution in [3.63, 3.8) is 0 Å². The highest BCUT2D eigenvalue weighted by atomic mass is 31.2. The van der Waals surface area contributed by atoms with Gasteiger partial charge in [-0.25, -0.2) is 4.67 Å². The second kappa shape index (κ2) is 56.5. The molecule has 0 radical (unpaired) electrons. The van der Waals surface area contributed by atoms with Crippen molar-refractivity contribution < 1.29 is 71.0 Å². The average Bonchev–Trinajstić information content (AvgIpc) is 3.35. The molecule has 414 valence electrons. The average molecular weight is 1060 g/mol. The third-order valence-corrected chi connectivity index (χ3v) is 11.5. The fourth-order valence-electron chi connectivity index (χ4n) is 5.13. The molecular weight excluding hydrogens is 948 g/mol. The molecule has 4 amide bonds. The summed E-state index contributed by atoms with van der Waals surface area (Å²) in [5.74, 6) is -0.964. The summed E-state index contributed by atoms with van der Waals surface area (Å²) in [5, 5.41) is 21.9. The molecule has 3 unspecified atom stereocenters. The lowest BCUT2D eigenvalue weighted by molar-refractivity contribution is -0.144. The summed E-state index contributed by atoms with van der Waals surface area (Å²) in [6.07, 6.45) is 8.52. The highest BCUT2D eigenvalue weighted by Gasteiger charge is 2.31. The van der Waals surface area contributed by atoms with Crippen molar-refractivity contribution in [2.45, 2.75) is 183 Å². The Hall–Kier alpha value is -3.42. The molecule has 0 rings (SSSR count). The van der Waals surface area contributed by atoms with Crippen molar-refractivity contribution in [2.75, 3.05) is 73.9 Å². The van der Waals surface area contributed by atoms with Gasteiger partial charge in [0, 0.05) is 116 Å². The fraction of sp³-hybridized carbons (Fsp3) is 0.830. The van der Waals surface area contributed by atoms with Gasteiger partial charge in [-0.1, -0.05) is 40.0 Å². The van der Waals surface area contributed by atoms with Gasteiger partial charge in [-0.2, -0.15) is 0 Å². The van der Waals surface area contributed by atoms with E-state index < -0.39 is 35.1 Å². The number of unbranched alkanes of at least 4 members (excludes halogenated alkanes) is 4. The number of esters is 1. The first kappa shape index (κ1) is 62.7. The number of carbonyl (C=O) groups excluding carboxylic acids is 6.